The van der Waals surface area contributed by atoms with Gasteiger partial charge in [0.2, 0.25) is 0 Å². The Bertz CT molecular complexity index is 1040. The van der Waals surface area contributed by atoms with Gasteiger partial charge in [-0.25, -0.2) is 4.98 Å². The fourth-order valence-electron chi connectivity index (χ4n) is 3.14. The molecule has 0 radical (unpaired) electrons. The fourth-order valence-corrected chi connectivity index (χ4v) is 3.14. The molecule has 0 saturated heterocycles. The van der Waals surface area contributed by atoms with Crippen LogP contribution in [0.2, 0.25) is 0 Å². The summed E-state index contributed by atoms with van der Waals surface area (Å²) in [5.41, 5.74) is 3.59. The number of hydrogen-bond acceptors (Lipinski definition) is 5. The third-order valence-electron chi connectivity index (χ3n) is 4.67. The van der Waals surface area contributed by atoms with Gasteiger partial charge in [-0.3, -0.25) is 9.59 Å². The van der Waals surface area contributed by atoms with E-state index in [2.05, 4.69) is 10.3 Å². The summed E-state index contributed by atoms with van der Waals surface area (Å²) < 4.78 is 12.2. The van der Waals surface area contributed by atoms with Gasteiger partial charge < -0.3 is 19.4 Å². The summed E-state index contributed by atoms with van der Waals surface area (Å²) in [5, 5.41) is 2.89. The molecule has 3 rings (SSSR count). The minimum Gasteiger partial charge on any atom is -0.483 e. The topological polar surface area (TPSA) is 82.5 Å². The molecule has 0 bridgehead atoms. The lowest BCUT2D eigenvalue weighted by atomic mass is 10.1. The summed E-state index contributed by atoms with van der Waals surface area (Å²) in [6, 6.07) is 12.9. The molecule has 0 spiro atoms. The Kier molecular flexibility index (Phi) is 6.16. The second-order valence-corrected chi connectivity index (χ2v) is 6.97. The molecule has 152 valence electrons. The number of methoxy groups -OCH3 is 1. The minimum atomic E-state index is -0.415. The maximum Gasteiger partial charge on any atom is 0.325 e. The van der Waals surface area contributed by atoms with Crippen molar-refractivity contribution in [3.8, 4) is 5.75 Å². The second-order valence-electron chi connectivity index (χ2n) is 6.97. The van der Waals surface area contributed by atoms with Crippen LogP contribution in [0.3, 0.4) is 0 Å². The number of aromatic nitrogens is 2. The van der Waals surface area contributed by atoms with Crippen LogP contribution < -0.4 is 10.1 Å². The number of aryl methyl sites for hydroxylation is 2. The highest BCUT2D eigenvalue weighted by atomic mass is 16.5. The Balaban J connectivity index is 1.74. The highest BCUT2D eigenvalue weighted by Gasteiger charge is 2.20. The number of rotatable bonds is 7. The molecule has 7 heteroatoms. The van der Waals surface area contributed by atoms with Crippen LogP contribution in [0.5, 0.6) is 5.75 Å². The number of nitrogens with zero attached hydrogens (tertiary/aromatic N) is 2. The van der Waals surface area contributed by atoms with Crippen molar-refractivity contribution in [2.45, 2.75) is 33.4 Å². The molecule has 0 aliphatic rings. The third-order valence-corrected chi connectivity index (χ3v) is 4.67. The lowest BCUT2D eigenvalue weighted by Crippen LogP contribution is -2.33. The number of ether oxygens (including phenoxy) is 2. The van der Waals surface area contributed by atoms with E-state index in [0.29, 0.717) is 11.6 Å². The van der Waals surface area contributed by atoms with Crippen molar-refractivity contribution in [2.75, 3.05) is 13.7 Å². The van der Waals surface area contributed by atoms with E-state index < -0.39 is 6.04 Å². The molecular weight excluding hydrogens is 370 g/mol. The molecule has 2 aromatic carbocycles. The largest absolute Gasteiger partial charge is 0.483 e. The molecule has 3 aromatic rings. The highest BCUT2D eigenvalue weighted by molar-refractivity contribution is 5.80. The van der Waals surface area contributed by atoms with E-state index in [0.717, 1.165) is 22.2 Å². The minimum absolute atomic E-state index is 0.0194. The van der Waals surface area contributed by atoms with Crippen LogP contribution in [0.25, 0.3) is 11.0 Å². The van der Waals surface area contributed by atoms with Gasteiger partial charge in [-0.2, -0.15) is 0 Å². The number of esters is 1. The van der Waals surface area contributed by atoms with Crippen molar-refractivity contribution in [2.24, 2.45) is 0 Å². The van der Waals surface area contributed by atoms with Crippen molar-refractivity contribution in [1.82, 2.24) is 14.9 Å². The van der Waals surface area contributed by atoms with Gasteiger partial charge in [-0.15, -0.1) is 0 Å². The first-order valence-electron chi connectivity index (χ1n) is 9.40. The number of amides is 1. The van der Waals surface area contributed by atoms with Gasteiger partial charge in [0, 0.05) is 0 Å². The molecule has 0 fully saturated rings. The molecule has 0 aliphatic carbocycles. The lowest BCUT2D eigenvalue weighted by Gasteiger charge is -2.16. The quantitative estimate of drug-likeness (QED) is 0.622. The van der Waals surface area contributed by atoms with Crippen molar-refractivity contribution in [1.29, 1.82) is 0 Å². The maximum absolute atomic E-state index is 12.4. The third kappa shape index (κ3) is 4.74. The molecule has 1 N–H and O–H groups in total. The monoisotopic (exact) mass is 395 g/mol. The molecule has 0 saturated carbocycles. The number of hydrogen-bond donors (Lipinski definition) is 1. The van der Waals surface area contributed by atoms with Crippen LogP contribution >= 0.6 is 0 Å². The summed E-state index contributed by atoms with van der Waals surface area (Å²) in [5.74, 6) is 0.615. The Morgan fingerprint density at radius 3 is 2.69 bits per heavy atom. The van der Waals surface area contributed by atoms with Gasteiger partial charge in [0.05, 0.1) is 24.2 Å². The van der Waals surface area contributed by atoms with Crippen LogP contribution in [-0.4, -0.2) is 35.1 Å². The fraction of sp³-hybridized carbons (Fsp3) is 0.318. The molecule has 1 atom stereocenters. The van der Waals surface area contributed by atoms with Crippen LogP contribution in [0, 0.1) is 13.8 Å². The average Bonchev–Trinajstić information content (AvgIpc) is 3.07. The SMILES string of the molecule is COC(=O)Cn1c(C(C)NC(=O)COc2cc(C)ccc2C)nc2ccccc21. The van der Waals surface area contributed by atoms with Gasteiger partial charge in [-0.05, 0) is 50.1 Å². The number of fused-ring (bicyclic) bond motifs is 1. The van der Waals surface area contributed by atoms with E-state index in [1.807, 2.05) is 63.2 Å². The molecule has 1 amide bonds. The predicted octanol–water partition coefficient (Wildman–Crippen LogP) is 3.08. The average molecular weight is 395 g/mol. The molecule has 0 aliphatic heterocycles. The Morgan fingerprint density at radius 2 is 1.93 bits per heavy atom. The van der Waals surface area contributed by atoms with Crippen LogP contribution in [0.15, 0.2) is 42.5 Å². The second kappa shape index (κ2) is 8.77. The number of imidazole rings is 1. The Morgan fingerprint density at radius 1 is 1.17 bits per heavy atom. The summed E-state index contributed by atoms with van der Waals surface area (Å²) in [6.45, 7) is 5.65. The van der Waals surface area contributed by atoms with Crippen molar-refractivity contribution in [3.05, 3.63) is 59.4 Å². The summed E-state index contributed by atoms with van der Waals surface area (Å²) in [4.78, 5) is 28.9. The zero-order chi connectivity index (χ0) is 21.0. The molecular formula is C22H25N3O4. The molecule has 1 heterocycles. The van der Waals surface area contributed by atoms with Gasteiger partial charge in [0.1, 0.15) is 18.1 Å². The van der Waals surface area contributed by atoms with Crippen LogP contribution in [0.1, 0.15) is 29.9 Å². The van der Waals surface area contributed by atoms with Crippen molar-refractivity contribution >= 4 is 22.9 Å². The summed E-state index contributed by atoms with van der Waals surface area (Å²) >= 11 is 0. The zero-order valence-electron chi connectivity index (χ0n) is 17.1. The Labute approximate surface area is 169 Å². The number of carbonyl (C=O) groups is 2. The predicted molar refractivity (Wildman–Crippen MR) is 110 cm³/mol. The molecule has 29 heavy (non-hydrogen) atoms. The van der Waals surface area contributed by atoms with Gasteiger partial charge in [0.15, 0.2) is 6.61 Å². The zero-order valence-corrected chi connectivity index (χ0v) is 17.1. The van der Waals surface area contributed by atoms with Gasteiger partial charge in [0.25, 0.3) is 5.91 Å². The smallest absolute Gasteiger partial charge is 0.325 e. The highest BCUT2D eigenvalue weighted by Crippen LogP contribution is 2.22. The van der Waals surface area contributed by atoms with Crippen LogP contribution in [-0.2, 0) is 20.9 Å². The van der Waals surface area contributed by atoms with E-state index in [-0.39, 0.29) is 25.0 Å². The number of nitrogens with one attached hydrogen (secondary N) is 1. The number of para-hydroxylation sites is 2. The normalized spacial score (nSPS) is 11.9. The molecule has 1 aromatic heterocycles. The molecule has 7 nitrogen and oxygen atoms in total. The van der Waals surface area contributed by atoms with Gasteiger partial charge >= 0.3 is 5.97 Å². The first-order chi connectivity index (χ1) is 13.9. The summed E-state index contributed by atoms with van der Waals surface area (Å²) in [6.07, 6.45) is 0. The van der Waals surface area contributed by atoms with E-state index in [1.165, 1.54) is 7.11 Å². The van der Waals surface area contributed by atoms with E-state index >= 15 is 0 Å². The first kappa shape index (κ1) is 20.4. The van der Waals surface area contributed by atoms with Crippen molar-refractivity contribution in [3.63, 3.8) is 0 Å². The number of benzene rings is 2. The first-order valence-corrected chi connectivity index (χ1v) is 9.40. The van der Waals surface area contributed by atoms with Gasteiger partial charge in [-0.1, -0.05) is 24.3 Å². The lowest BCUT2D eigenvalue weighted by molar-refractivity contribution is -0.141. The Hall–Kier alpha value is -3.35. The van der Waals surface area contributed by atoms with E-state index in [1.54, 1.807) is 4.57 Å². The van der Waals surface area contributed by atoms with Crippen molar-refractivity contribution < 1.29 is 19.1 Å². The summed E-state index contributed by atoms with van der Waals surface area (Å²) in [7, 11) is 1.34. The van der Waals surface area contributed by atoms with E-state index in [9.17, 15) is 9.59 Å². The molecule has 1 unspecified atom stereocenters. The van der Waals surface area contributed by atoms with E-state index in [4.69, 9.17) is 9.47 Å². The maximum atomic E-state index is 12.4. The van der Waals surface area contributed by atoms with Crippen LogP contribution in [0.4, 0.5) is 0 Å². The number of carbonyl (C=O) groups excluding carboxylic acids is 2. The standard InChI is InChI=1S/C22H25N3O4/c1-14-9-10-15(2)19(11-14)29-13-20(26)23-16(3)22-24-17-7-5-6-8-18(17)25(22)12-21(27)28-4/h5-11,16H,12-13H2,1-4H3,(H,23,26).